The first kappa shape index (κ1) is 18.2. The van der Waals surface area contributed by atoms with Crippen LogP contribution >= 0.6 is 23.1 Å². The highest BCUT2D eigenvalue weighted by molar-refractivity contribution is 8.00. The molecule has 134 valence electrons. The van der Waals surface area contributed by atoms with Gasteiger partial charge in [-0.15, -0.1) is 23.1 Å². The first-order valence-corrected chi connectivity index (χ1v) is 9.46. The number of nitrogens with one attached hydrogen (secondary N) is 1. The summed E-state index contributed by atoms with van der Waals surface area (Å²) >= 11 is 2.60. The van der Waals surface area contributed by atoms with Gasteiger partial charge in [0.05, 0.1) is 16.3 Å². The van der Waals surface area contributed by atoms with E-state index in [0.717, 1.165) is 4.90 Å². The van der Waals surface area contributed by atoms with Crippen LogP contribution in [0.2, 0.25) is 0 Å². The number of thiophene rings is 1. The molecule has 0 spiro atoms. The molecule has 9 heteroatoms. The van der Waals surface area contributed by atoms with E-state index in [1.165, 1.54) is 28.0 Å². The number of ether oxygens (including phenoxy) is 1. The first-order valence-electron chi connectivity index (χ1n) is 7.60. The zero-order valence-corrected chi connectivity index (χ0v) is 15.1. The number of rotatable bonds is 5. The molecule has 1 aromatic heterocycles. The van der Waals surface area contributed by atoms with E-state index >= 15 is 0 Å². The Bertz CT molecular complexity index is 851. The van der Waals surface area contributed by atoms with Crippen LogP contribution in [0.15, 0.2) is 46.7 Å². The monoisotopic (exact) mass is 390 g/mol. The second kappa shape index (κ2) is 8.15. The van der Waals surface area contributed by atoms with Crippen molar-refractivity contribution in [3.05, 3.63) is 46.7 Å². The van der Waals surface area contributed by atoms with Gasteiger partial charge >= 0.3 is 5.97 Å². The zero-order chi connectivity index (χ0) is 18.5. The van der Waals surface area contributed by atoms with Crippen molar-refractivity contribution in [2.45, 2.75) is 4.90 Å². The van der Waals surface area contributed by atoms with Crippen LogP contribution in [0, 0.1) is 0 Å². The number of benzene rings is 1. The minimum absolute atomic E-state index is 0.206. The minimum atomic E-state index is -0.724. The highest BCUT2D eigenvalue weighted by Gasteiger charge is 2.27. The van der Waals surface area contributed by atoms with Gasteiger partial charge in [-0.3, -0.25) is 29.4 Å². The van der Waals surface area contributed by atoms with Gasteiger partial charge in [0.15, 0.2) is 6.61 Å². The molecule has 0 atom stereocenters. The fourth-order valence-corrected chi connectivity index (χ4v) is 3.83. The number of carbonyl (C=O) groups is 4. The Morgan fingerprint density at radius 3 is 2.73 bits per heavy atom. The molecular weight excluding hydrogens is 376 g/mol. The molecule has 0 saturated heterocycles. The van der Waals surface area contributed by atoms with Crippen LogP contribution in [-0.4, -0.2) is 42.6 Å². The largest absolute Gasteiger partial charge is 0.454 e. The number of fused-ring (bicyclic) bond motifs is 1. The number of hydrogen-bond donors (Lipinski definition) is 1. The van der Waals surface area contributed by atoms with Gasteiger partial charge in [-0.2, -0.15) is 0 Å². The van der Waals surface area contributed by atoms with Crippen molar-refractivity contribution in [2.75, 3.05) is 23.8 Å². The molecule has 26 heavy (non-hydrogen) atoms. The van der Waals surface area contributed by atoms with E-state index in [1.807, 2.05) is 12.1 Å². The molecule has 2 heterocycles. The topological polar surface area (TPSA) is 92.8 Å². The van der Waals surface area contributed by atoms with E-state index in [1.54, 1.807) is 29.6 Å². The Hall–Kier alpha value is -2.65. The van der Waals surface area contributed by atoms with E-state index in [2.05, 4.69) is 5.32 Å². The third kappa shape index (κ3) is 4.30. The SMILES string of the molecule is O=C(COC(=O)CN1C(=O)CSc2ccccc21)NC(=O)c1cccs1. The molecule has 0 aliphatic carbocycles. The number of imide groups is 1. The predicted molar refractivity (Wildman–Crippen MR) is 97.3 cm³/mol. The average molecular weight is 390 g/mol. The van der Waals surface area contributed by atoms with Gasteiger partial charge in [0.1, 0.15) is 6.54 Å². The van der Waals surface area contributed by atoms with Crippen LogP contribution in [-0.2, 0) is 19.1 Å². The van der Waals surface area contributed by atoms with Crippen LogP contribution in [0.5, 0.6) is 0 Å². The number of thioether (sulfide) groups is 1. The Morgan fingerprint density at radius 1 is 1.15 bits per heavy atom. The van der Waals surface area contributed by atoms with Crippen LogP contribution in [0.1, 0.15) is 9.67 Å². The van der Waals surface area contributed by atoms with Crippen molar-refractivity contribution in [2.24, 2.45) is 0 Å². The average Bonchev–Trinajstić information content (AvgIpc) is 3.17. The molecule has 0 bridgehead atoms. The van der Waals surface area contributed by atoms with Crippen molar-refractivity contribution in [1.29, 1.82) is 0 Å². The van der Waals surface area contributed by atoms with Crippen molar-refractivity contribution >= 4 is 52.5 Å². The summed E-state index contributed by atoms with van der Waals surface area (Å²) in [6.45, 7) is -0.878. The highest BCUT2D eigenvalue weighted by Crippen LogP contribution is 2.34. The lowest BCUT2D eigenvalue weighted by atomic mass is 10.2. The molecule has 0 radical (unpaired) electrons. The molecule has 3 amide bonds. The van der Waals surface area contributed by atoms with E-state index in [4.69, 9.17) is 4.74 Å². The molecule has 0 fully saturated rings. The number of amides is 3. The molecule has 1 aliphatic rings. The maximum atomic E-state index is 12.1. The van der Waals surface area contributed by atoms with Gasteiger partial charge in [0.2, 0.25) is 5.91 Å². The second-order valence-electron chi connectivity index (χ2n) is 5.25. The number of esters is 1. The van der Waals surface area contributed by atoms with E-state index in [9.17, 15) is 19.2 Å². The smallest absolute Gasteiger partial charge is 0.326 e. The maximum absolute atomic E-state index is 12.1. The Balaban J connectivity index is 1.52. The van der Waals surface area contributed by atoms with E-state index in [0.29, 0.717) is 10.6 Å². The van der Waals surface area contributed by atoms with Gasteiger partial charge in [0.25, 0.3) is 11.8 Å². The van der Waals surface area contributed by atoms with Gasteiger partial charge in [-0.05, 0) is 23.6 Å². The van der Waals surface area contributed by atoms with Crippen molar-refractivity contribution in [1.82, 2.24) is 5.32 Å². The molecule has 2 aromatic rings. The third-order valence-corrected chi connectivity index (χ3v) is 5.37. The maximum Gasteiger partial charge on any atom is 0.326 e. The van der Waals surface area contributed by atoms with Gasteiger partial charge < -0.3 is 4.74 Å². The number of carbonyl (C=O) groups excluding carboxylic acids is 4. The van der Waals surface area contributed by atoms with Crippen LogP contribution in [0.25, 0.3) is 0 Å². The Kier molecular flexibility index (Phi) is 5.69. The normalized spacial score (nSPS) is 13.1. The lowest BCUT2D eigenvalue weighted by molar-refractivity contribution is -0.147. The predicted octanol–water partition coefficient (Wildman–Crippen LogP) is 1.69. The van der Waals surface area contributed by atoms with Gasteiger partial charge in [0, 0.05) is 4.90 Å². The lowest BCUT2D eigenvalue weighted by Gasteiger charge is -2.27. The number of para-hydroxylation sites is 1. The van der Waals surface area contributed by atoms with Crippen molar-refractivity contribution in [3.8, 4) is 0 Å². The Morgan fingerprint density at radius 2 is 1.96 bits per heavy atom. The molecule has 0 unspecified atom stereocenters. The highest BCUT2D eigenvalue weighted by atomic mass is 32.2. The summed E-state index contributed by atoms with van der Waals surface area (Å²) in [5.41, 5.74) is 0.642. The third-order valence-electron chi connectivity index (χ3n) is 3.46. The molecular formula is C17H14N2O5S2. The first-order chi connectivity index (χ1) is 12.5. The number of hydrogen-bond acceptors (Lipinski definition) is 7. The Labute approximate surface area is 157 Å². The van der Waals surface area contributed by atoms with E-state index in [-0.39, 0.29) is 18.2 Å². The van der Waals surface area contributed by atoms with E-state index < -0.39 is 24.4 Å². The molecule has 3 rings (SSSR count). The number of anilines is 1. The zero-order valence-electron chi connectivity index (χ0n) is 13.5. The molecule has 0 saturated carbocycles. The summed E-state index contributed by atoms with van der Waals surface area (Å²) in [5, 5.41) is 3.85. The van der Waals surface area contributed by atoms with Crippen LogP contribution in [0.4, 0.5) is 5.69 Å². The van der Waals surface area contributed by atoms with Crippen molar-refractivity contribution < 1.29 is 23.9 Å². The van der Waals surface area contributed by atoms with Crippen molar-refractivity contribution in [3.63, 3.8) is 0 Å². The molecule has 1 N–H and O–H groups in total. The van der Waals surface area contributed by atoms with Crippen LogP contribution in [0.3, 0.4) is 0 Å². The summed E-state index contributed by atoms with van der Waals surface area (Å²) in [6.07, 6.45) is 0. The quantitative estimate of drug-likeness (QED) is 0.781. The summed E-state index contributed by atoms with van der Waals surface area (Å²) < 4.78 is 4.89. The fraction of sp³-hybridized carbons (Fsp3) is 0.176. The minimum Gasteiger partial charge on any atom is -0.454 e. The molecule has 7 nitrogen and oxygen atoms in total. The second-order valence-corrected chi connectivity index (χ2v) is 7.22. The standard InChI is InChI=1S/C17H14N2O5S2/c20-14(18-17(23)13-6-3-7-25-13)9-24-16(22)8-19-11-4-1-2-5-12(11)26-10-15(19)21/h1-7H,8-10H2,(H,18,20,23). The molecule has 1 aromatic carbocycles. The van der Waals surface area contributed by atoms with Crippen LogP contribution < -0.4 is 10.2 Å². The molecule has 1 aliphatic heterocycles. The summed E-state index contributed by atoms with van der Waals surface area (Å²) in [7, 11) is 0. The van der Waals surface area contributed by atoms with Gasteiger partial charge in [-0.1, -0.05) is 18.2 Å². The summed E-state index contributed by atoms with van der Waals surface area (Å²) in [6, 6.07) is 10.5. The fourth-order valence-electron chi connectivity index (χ4n) is 2.28. The number of nitrogens with zero attached hydrogens (tertiary/aromatic N) is 1. The summed E-state index contributed by atoms with van der Waals surface area (Å²) in [4.78, 5) is 50.2. The lowest BCUT2D eigenvalue weighted by Crippen LogP contribution is -2.41. The van der Waals surface area contributed by atoms with Gasteiger partial charge in [-0.25, -0.2) is 0 Å². The summed E-state index contributed by atoms with van der Waals surface area (Å²) in [5.74, 6) is -1.96.